The highest BCUT2D eigenvalue weighted by Gasteiger charge is 2.25. The highest BCUT2D eigenvalue weighted by atomic mass is 16.5. The molecule has 1 aromatic rings. The maximum absolute atomic E-state index is 10.5. The number of hydrogen-bond donors (Lipinski definition) is 2. The minimum Gasteiger partial charge on any atom is -0.497 e. The standard InChI is InChI=1S/C21H34N2O4/c1-26-20-8-7-17(12-23-13-18(24)14-23)21(11-20)27-16-19(25)15-22-9-5-3-2-4-6-10-22/h7-8,11,18-19,24-25H,2-6,9-10,12-16H2,1H3. The predicted molar refractivity (Wildman–Crippen MR) is 105 cm³/mol. The third kappa shape index (κ3) is 6.35. The largest absolute Gasteiger partial charge is 0.497 e. The van der Waals surface area contributed by atoms with Crippen molar-refractivity contribution in [2.45, 2.75) is 50.9 Å². The minimum atomic E-state index is -0.505. The molecular formula is C21H34N2O4. The summed E-state index contributed by atoms with van der Waals surface area (Å²) in [6.45, 7) is 5.21. The maximum atomic E-state index is 10.5. The number of methoxy groups -OCH3 is 1. The summed E-state index contributed by atoms with van der Waals surface area (Å²) in [6.07, 6.45) is 5.64. The average molecular weight is 379 g/mol. The number of likely N-dealkylation sites (tertiary alicyclic amines) is 2. The summed E-state index contributed by atoms with van der Waals surface area (Å²) in [5.74, 6) is 1.50. The van der Waals surface area contributed by atoms with Gasteiger partial charge in [-0.2, -0.15) is 0 Å². The number of aliphatic hydroxyl groups is 2. The number of aliphatic hydroxyl groups excluding tert-OH is 2. The van der Waals surface area contributed by atoms with Gasteiger partial charge in [0.15, 0.2) is 0 Å². The molecule has 27 heavy (non-hydrogen) atoms. The smallest absolute Gasteiger partial charge is 0.127 e. The Morgan fingerprint density at radius 2 is 1.78 bits per heavy atom. The molecule has 0 radical (unpaired) electrons. The lowest BCUT2D eigenvalue weighted by molar-refractivity contribution is -0.00358. The third-order valence-electron chi connectivity index (χ3n) is 5.46. The topological polar surface area (TPSA) is 65.4 Å². The molecular weight excluding hydrogens is 344 g/mol. The van der Waals surface area contributed by atoms with E-state index in [9.17, 15) is 10.2 Å². The van der Waals surface area contributed by atoms with E-state index in [0.29, 0.717) is 19.6 Å². The van der Waals surface area contributed by atoms with Gasteiger partial charge in [-0.05, 0) is 32.0 Å². The van der Waals surface area contributed by atoms with Crippen molar-refractivity contribution in [1.82, 2.24) is 9.80 Å². The van der Waals surface area contributed by atoms with Gasteiger partial charge in [0.25, 0.3) is 0 Å². The van der Waals surface area contributed by atoms with E-state index in [4.69, 9.17) is 9.47 Å². The normalized spacial score (nSPS) is 21.1. The molecule has 0 bridgehead atoms. The Kier molecular flexibility index (Phi) is 7.76. The first-order valence-corrected chi connectivity index (χ1v) is 10.2. The highest BCUT2D eigenvalue weighted by Crippen LogP contribution is 2.27. The van der Waals surface area contributed by atoms with Crippen molar-refractivity contribution in [2.24, 2.45) is 0 Å². The SMILES string of the molecule is COc1ccc(CN2CC(O)C2)c(OCC(O)CN2CCCCCCC2)c1. The van der Waals surface area contributed by atoms with Gasteiger partial charge in [-0.15, -0.1) is 0 Å². The molecule has 2 saturated heterocycles. The second-order valence-corrected chi connectivity index (χ2v) is 7.85. The molecule has 1 unspecified atom stereocenters. The summed E-state index contributed by atoms with van der Waals surface area (Å²) in [7, 11) is 1.64. The Hall–Kier alpha value is -1.34. The van der Waals surface area contributed by atoms with Crippen LogP contribution in [-0.2, 0) is 6.54 Å². The second kappa shape index (κ2) is 10.3. The molecule has 2 heterocycles. The molecule has 0 saturated carbocycles. The molecule has 2 aliphatic heterocycles. The summed E-state index contributed by atoms with van der Waals surface area (Å²) in [5, 5.41) is 20.0. The molecule has 2 aliphatic rings. The number of β-amino-alcohol motifs (C(OH)–C–C–N with tert-alkyl or cyclic N) is 2. The van der Waals surface area contributed by atoms with E-state index in [-0.39, 0.29) is 12.7 Å². The molecule has 3 rings (SSSR count). The van der Waals surface area contributed by atoms with Crippen molar-refractivity contribution < 1.29 is 19.7 Å². The lowest BCUT2D eigenvalue weighted by atomic mass is 10.1. The fourth-order valence-corrected chi connectivity index (χ4v) is 3.87. The van der Waals surface area contributed by atoms with Gasteiger partial charge >= 0.3 is 0 Å². The van der Waals surface area contributed by atoms with E-state index in [2.05, 4.69) is 9.80 Å². The number of nitrogens with zero attached hydrogens (tertiary/aromatic N) is 2. The van der Waals surface area contributed by atoms with Crippen LogP contribution in [-0.4, -0.2) is 78.7 Å². The molecule has 6 nitrogen and oxygen atoms in total. The number of hydrogen-bond acceptors (Lipinski definition) is 6. The van der Waals surface area contributed by atoms with Gasteiger partial charge in [-0.3, -0.25) is 4.90 Å². The molecule has 1 atom stereocenters. The summed E-state index contributed by atoms with van der Waals surface area (Å²) >= 11 is 0. The van der Waals surface area contributed by atoms with E-state index in [0.717, 1.165) is 36.7 Å². The van der Waals surface area contributed by atoms with Crippen molar-refractivity contribution in [3.8, 4) is 11.5 Å². The highest BCUT2D eigenvalue weighted by molar-refractivity contribution is 5.41. The van der Waals surface area contributed by atoms with Crippen molar-refractivity contribution in [3.05, 3.63) is 23.8 Å². The summed E-state index contributed by atoms with van der Waals surface area (Å²) < 4.78 is 11.3. The van der Waals surface area contributed by atoms with Crippen LogP contribution >= 0.6 is 0 Å². The average Bonchev–Trinajstić information content (AvgIpc) is 2.61. The predicted octanol–water partition coefficient (Wildman–Crippen LogP) is 1.88. The quantitative estimate of drug-likeness (QED) is 0.720. The van der Waals surface area contributed by atoms with Gasteiger partial charge in [-0.1, -0.05) is 25.3 Å². The van der Waals surface area contributed by atoms with Crippen LogP contribution in [0.2, 0.25) is 0 Å². The monoisotopic (exact) mass is 378 g/mol. The van der Waals surface area contributed by atoms with E-state index in [1.54, 1.807) is 7.11 Å². The lowest BCUT2D eigenvalue weighted by Crippen LogP contribution is -2.49. The van der Waals surface area contributed by atoms with Gasteiger partial charge in [0.2, 0.25) is 0 Å². The summed E-state index contributed by atoms with van der Waals surface area (Å²) in [6, 6.07) is 5.81. The first kappa shape index (κ1) is 20.4. The zero-order valence-corrected chi connectivity index (χ0v) is 16.5. The number of benzene rings is 1. The molecule has 0 amide bonds. The van der Waals surface area contributed by atoms with E-state index >= 15 is 0 Å². The van der Waals surface area contributed by atoms with Gasteiger partial charge in [0, 0.05) is 37.8 Å². The maximum Gasteiger partial charge on any atom is 0.127 e. The zero-order valence-electron chi connectivity index (χ0n) is 16.5. The Balaban J connectivity index is 1.53. The van der Waals surface area contributed by atoms with E-state index < -0.39 is 6.10 Å². The zero-order chi connectivity index (χ0) is 19.1. The Morgan fingerprint density at radius 1 is 1.07 bits per heavy atom. The molecule has 2 N–H and O–H groups in total. The van der Waals surface area contributed by atoms with Gasteiger partial charge in [0.1, 0.15) is 24.2 Å². The van der Waals surface area contributed by atoms with Crippen LogP contribution < -0.4 is 9.47 Å². The fraction of sp³-hybridized carbons (Fsp3) is 0.714. The lowest BCUT2D eigenvalue weighted by Gasteiger charge is -2.36. The van der Waals surface area contributed by atoms with Gasteiger partial charge in [-0.25, -0.2) is 0 Å². The van der Waals surface area contributed by atoms with Gasteiger partial charge in [0.05, 0.1) is 13.2 Å². The second-order valence-electron chi connectivity index (χ2n) is 7.85. The minimum absolute atomic E-state index is 0.215. The van der Waals surface area contributed by atoms with Crippen molar-refractivity contribution in [1.29, 1.82) is 0 Å². The Labute approximate surface area is 162 Å². The summed E-state index contributed by atoms with van der Waals surface area (Å²) in [4.78, 5) is 4.54. The van der Waals surface area contributed by atoms with Crippen LogP contribution in [0.4, 0.5) is 0 Å². The molecule has 152 valence electrons. The van der Waals surface area contributed by atoms with E-state index in [1.165, 1.54) is 32.1 Å². The molecule has 0 aromatic heterocycles. The van der Waals surface area contributed by atoms with Crippen LogP contribution in [0.25, 0.3) is 0 Å². The van der Waals surface area contributed by atoms with E-state index in [1.807, 2.05) is 18.2 Å². The van der Waals surface area contributed by atoms with Gasteiger partial charge < -0.3 is 24.6 Å². The molecule has 6 heteroatoms. The first-order chi connectivity index (χ1) is 13.1. The Bertz CT molecular complexity index is 569. The van der Waals surface area contributed by atoms with Crippen molar-refractivity contribution >= 4 is 0 Å². The Morgan fingerprint density at radius 3 is 2.44 bits per heavy atom. The molecule has 2 fully saturated rings. The fourth-order valence-electron chi connectivity index (χ4n) is 3.87. The van der Waals surface area contributed by atoms with Crippen LogP contribution in [0.5, 0.6) is 11.5 Å². The van der Waals surface area contributed by atoms with Crippen molar-refractivity contribution in [2.75, 3.05) is 46.4 Å². The third-order valence-corrected chi connectivity index (χ3v) is 5.46. The number of ether oxygens (including phenoxy) is 2. The van der Waals surface area contributed by atoms with Crippen molar-refractivity contribution in [3.63, 3.8) is 0 Å². The van der Waals surface area contributed by atoms with Crippen LogP contribution in [0, 0.1) is 0 Å². The van der Waals surface area contributed by atoms with Crippen LogP contribution in [0.1, 0.15) is 37.7 Å². The molecule has 1 aromatic carbocycles. The van der Waals surface area contributed by atoms with Crippen LogP contribution in [0.15, 0.2) is 18.2 Å². The number of rotatable bonds is 8. The molecule has 0 spiro atoms. The first-order valence-electron chi connectivity index (χ1n) is 10.2. The molecule has 0 aliphatic carbocycles. The van der Waals surface area contributed by atoms with Crippen LogP contribution in [0.3, 0.4) is 0 Å². The summed E-state index contributed by atoms with van der Waals surface area (Å²) in [5.41, 5.74) is 1.06.